The van der Waals surface area contributed by atoms with E-state index < -0.39 is 0 Å². The van der Waals surface area contributed by atoms with Gasteiger partial charge in [0.15, 0.2) is 0 Å². The van der Waals surface area contributed by atoms with Gasteiger partial charge in [0.1, 0.15) is 5.69 Å². The number of nitro benzene ring substituents is 1. The Morgan fingerprint density at radius 3 is 1.79 bits per heavy atom. The SMILES string of the molecule is CCC(c1ccccc1)c1cc(C(CC)c2ccccc2)c(N)c([N+](=O)[O-])c1. The maximum Gasteiger partial charge on any atom is 0.292 e. The Morgan fingerprint density at radius 1 is 0.821 bits per heavy atom. The molecule has 0 saturated carbocycles. The molecule has 0 aliphatic heterocycles. The van der Waals surface area contributed by atoms with Gasteiger partial charge in [0, 0.05) is 17.9 Å². The van der Waals surface area contributed by atoms with E-state index in [1.165, 1.54) is 0 Å². The van der Waals surface area contributed by atoms with E-state index in [0.717, 1.165) is 35.1 Å². The Bertz CT molecular complexity index is 940. The molecule has 0 aliphatic rings. The Hall–Kier alpha value is -3.14. The molecule has 0 aromatic heterocycles. The summed E-state index contributed by atoms with van der Waals surface area (Å²) >= 11 is 0. The van der Waals surface area contributed by atoms with E-state index in [1.807, 2.05) is 36.4 Å². The smallest absolute Gasteiger partial charge is 0.292 e. The van der Waals surface area contributed by atoms with Gasteiger partial charge >= 0.3 is 0 Å². The minimum absolute atomic E-state index is 0.00346. The second-order valence-electron chi connectivity index (χ2n) is 7.04. The van der Waals surface area contributed by atoms with Crippen molar-refractivity contribution in [3.63, 3.8) is 0 Å². The van der Waals surface area contributed by atoms with Crippen LogP contribution in [0.25, 0.3) is 0 Å². The highest BCUT2D eigenvalue weighted by Gasteiger charge is 2.25. The van der Waals surface area contributed by atoms with Crippen LogP contribution in [0.2, 0.25) is 0 Å². The molecule has 4 heteroatoms. The van der Waals surface area contributed by atoms with E-state index in [1.54, 1.807) is 6.07 Å². The van der Waals surface area contributed by atoms with Gasteiger partial charge in [-0.2, -0.15) is 0 Å². The highest BCUT2D eigenvalue weighted by atomic mass is 16.6. The largest absolute Gasteiger partial charge is 0.393 e. The van der Waals surface area contributed by atoms with Crippen LogP contribution in [-0.2, 0) is 0 Å². The molecule has 0 radical (unpaired) electrons. The van der Waals surface area contributed by atoms with E-state index in [0.29, 0.717) is 0 Å². The molecule has 3 aromatic rings. The van der Waals surface area contributed by atoms with Crippen LogP contribution in [0.3, 0.4) is 0 Å². The van der Waals surface area contributed by atoms with Gasteiger partial charge in [0.25, 0.3) is 5.69 Å². The van der Waals surface area contributed by atoms with Crippen molar-refractivity contribution in [1.29, 1.82) is 0 Å². The molecule has 0 fully saturated rings. The van der Waals surface area contributed by atoms with E-state index >= 15 is 0 Å². The fraction of sp³-hybridized carbons (Fsp3) is 0.250. The lowest BCUT2D eigenvalue weighted by Crippen LogP contribution is -2.10. The monoisotopic (exact) mass is 374 g/mol. The van der Waals surface area contributed by atoms with Crippen molar-refractivity contribution in [3.8, 4) is 0 Å². The molecule has 2 N–H and O–H groups in total. The molecule has 3 aromatic carbocycles. The van der Waals surface area contributed by atoms with Crippen LogP contribution in [-0.4, -0.2) is 4.92 Å². The average Bonchev–Trinajstić information content (AvgIpc) is 2.72. The van der Waals surface area contributed by atoms with Crippen molar-refractivity contribution in [1.82, 2.24) is 0 Å². The number of hydrogen-bond acceptors (Lipinski definition) is 3. The second kappa shape index (κ2) is 8.70. The molecule has 144 valence electrons. The Kier molecular flexibility index (Phi) is 6.09. The predicted molar refractivity (Wildman–Crippen MR) is 115 cm³/mol. The third-order valence-electron chi connectivity index (χ3n) is 5.41. The number of hydrogen-bond donors (Lipinski definition) is 1. The zero-order valence-corrected chi connectivity index (χ0v) is 16.3. The maximum atomic E-state index is 11.7. The van der Waals surface area contributed by atoms with Gasteiger partial charge in [0.2, 0.25) is 0 Å². The summed E-state index contributed by atoms with van der Waals surface area (Å²) in [6.07, 6.45) is 1.67. The standard InChI is InChI=1S/C24H26N2O2/c1-3-20(17-11-7-5-8-12-17)19-15-22(24(25)23(16-19)26(27)28)21(4-2)18-13-9-6-10-14-18/h5-16,20-21H,3-4,25H2,1-2H3. The number of nitrogens with zero attached hydrogens (tertiary/aromatic N) is 1. The molecule has 0 amide bonds. The van der Waals surface area contributed by atoms with Gasteiger partial charge in [-0.15, -0.1) is 0 Å². The third kappa shape index (κ3) is 3.91. The minimum Gasteiger partial charge on any atom is -0.393 e. The summed E-state index contributed by atoms with van der Waals surface area (Å²) in [5, 5.41) is 11.7. The highest BCUT2D eigenvalue weighted by molar-refractivity contribution is 5.67. The van der Waals surface area contributed by atoms with Crippen LogP contribution in [0, 0.1) is 10.1 Å². The fourth-order valence-electron chi connectivity index (χ4n) is 3.99. The average molecular weight is 374 g/mol. The number of anilines is 1. The molecule has 28 heavy (non-hydrogen) atoms. The first-order valence-electron chi connectivity index (χ1n) is 9.74. The normalized spacial score (nSPS) is 13.1. The Balaban J connectivity index is 2.19. The number of nitrogen functional groups attached to an aromatic ring is 1. The molecule has 0 bridgehead atoms. The van der Waals surface area contributed by atoms with Crippen molar-refractivity contribution in [3.05, 3.63) is 105 Å². The highest BCUT2D eigenvalue weighted by Crippen LogP contribution is 2.40. The number of nitro groups is 1. The molecule has 0 spiro atoms. The topological polar surface area (TPSA) is 69.2 Å². The van der Waals surface area contributed by atoms with Crippen molar-refractivity contribution >= 4 is 11.4 Å². The summed E-state index contributed by atoms with van der Waals surface area (Å²) in [6.45, 7) is 4.19. The molecule has 3 rings (SSSR count). The van der Waals surface area contributed by atoms with Crippen LogP contribution in [0.15, 0.2) is 72.8 Å². The summed E-state index contributed by atoms with van der Waals surface area (Å²) in [5.41, 5.74) is 10.6. The maximum absolute atomic E-state index is 11.7. The number of nitrogens with two attached hydrogens (primary N) is 1. The van der Waals surface area contributed by atoms with Crippen LogP contribution in [0.1, 0.15) is 60.8 Å². The summed E-state index contributed by atoms with van der Waals surface area (Å²) < 4.78 is 0. The van der Waals surface area contributed by atoms with Crippen LogP contribution < -0.4 is 5.73 Å². The van der Waals surface area contributed by atoms with Gasteiger partial charge in [0.05, 0.1) is 4.92 Å². The minimum atomic E-state index is -0.363. The summed E-state index contributed by atoms with van der Waals surface area (Å²) in [4.78, 5) is 11.4. The summed E-state index contributed by atoms with van der Waals surface area (Å²) in [7, 11) is 0. The predicted octanol–water partition coefficient (Wildman–Crippen LogP) is 6.26. The van der Waals surface area contributed by atoms with Crippen LogP contribution in [0.4, 0.5) is 11.4 Å². The first-order valence-corrected chi connectivity index (χ1v) is 9.74. The third-order valence-corrected chi connectivity index (χ3v) is 5.41. The quantitative estimate of drug-likeness (QED) is 0.301. The van der Waals surface area contributed by atoms with Crippen molar-refractivity contribution in [2.45, 2.75) is 38.5 Å². The fourth-order valence-corrected chi connectivity index (χ4v) is 3.99. The zero-order valence-electron chi connectivity index (χ0n) is 16.3. The van der Waals surface area contributed by atoms with Gasteiger partial charge in [-0.05, 0) is 35.1 Å². The Labute approximate surface area is 166 Å². The van der Waals surface area contributed by atoms with Gasteiger partial charge in [-0.25, -0.2) is 0 Å². The Morgan fingerprint density at radius 2 is 1.32 bits per heavy atom. The second-order valence-corrected chi connectivity index (χ2v) is 7.04. The first-order chi connectivity index (χ1) is 13.6. The summed E-state index contributed by atoms with van der Waals surface area (Å²) in [6, 6.07) is 23.9. The van der Waals surface area contributed by atoms with E-state index in [4.69, 9.17) is 5.73 Å². The van der Waals surface area contributed by atoms with Crippen molar-refractivity contribution < 1.29 is 4.92 Å². The van der Waals surface area contributed by atoms with Crippen molar-refractivity contribution in [2.75, 3.05) is 5.73 Å². The lowest BCUT2D eigenvalue weighted by Gasteiger charge is -2.22. The molecule has 0 aliphatic carbocycles. The molecule has 0 saturated heterocycles. The van der Waals surface area contributed by atoms with Crippen molar-refractivity contribution in [2.24, 2.45) is 0 Å². The summed E-state index contributed by atoms with van der Waals surface area (Å²) in [5.74, 6) is 0.112. The van der Waals surface area contributed by atoms with E-state index in [-0.39, 0.29) is 28.1 Å². The lowest BCUT2D eigenvalue weighted by atomic mass is 9.82. The molecular formula is C24H26N2O2. The van der Waals surface area contributed by atoms with E-state index in [9.17, 15) is 10.1 Å². The molecular weight excluding hydrogens is 348 g/mol. The van der Waals surface area contributed by atoms with E-state index in [2.05, 4.69) is 44.2 Å². The van der Waals surface area contributed by atoms with Crippen LogP contribution >= 0.6 is 0 Å². The number of benzene rings is 3. The van der Waals surface area contributed by atoms with Gasteiger partial charge in [-0.1, -0.05) is 80.6 Å². The molecule has 0 heterocycles. The number of rotatable bonds is 7. The molecule has 4 nitrogen and oxygen atoms in total. The first kappa shape index (κ1) is 19.6. The molecule has 2 unspecified atom stereocenters. The van der Waals surface area contributed by atoms with Gasteiger partial charge in [-0.3, -0.25) is 10.1 Å². The zero-order chi connectivity index (χ0) is 20.1. The molecule has 2 atom stereocenters. The van der Waals surface area contributed by atoms with Crippen LogP contribution in [0.5, 0.6) is 0 Å². The lowest BCUT2D eigenvalue weighted by molar-refractivity contribution is -0.384. The van der Waals surface area contributed by atoms with Gasteiger partial charge < -0.3 is 5.73 Å².